The maximum Gasteiger partial charge on any atom is 0.254 e. The Morgan fingerprint density at radius 3 is 2.60 bits per heavy atom. The molecule has 0 bridgehead atoms. The van der Waals surface area contributed by atoms with Gasteiger partial charge in [-0.15, -0.1) is 0 Å². The highest BCUT2D eigenvalue weighted by Gasteiger charge is 2.22. The van der Waals surface area contributed by atoms with Crippen LogP contribution in [0.5, 0.6) is 0 Å². The molecule has 110 valence electrons. The Labute approximate surface area is 129 Å². The van der Waals surface area contributed by atoms with Crippen LogP contribution in [0.2, 0.25) is 0 Å². The lowest BCUT2D eigenvalue weighted by Gasteiger charge is -2.33. The van der Waals surface area contributed by atoms with Gasteiger partial charge in [-0.3, -0.25) is 9.00 Å². The zero-order valence-electron chi connectivity index (χ0n) is 11.2. The Bertz CT molecular complexity index is 530. The lowest BCUT2D eigenvalue weighted by Crippen LogP contribution is -2.47. The van der Waals surface area contributed by atoms with Crippen molar-refractivity contribution >= 4 is 32.9 Å². The molecule has 20 heavy (non-hydrogen) atoms. The molecule has 0 N–H and O–H groups in total. The summed E-state index contributed by atoms with van der Waals surface area (Å²) in [4.78, 5) is 16.5. The molecular formula is C13H16BrN2O3S-. The van der Waals surface area contributed by atoms with Crippen molar-refractivity contribution in [2.45, 2.75) is 5.75 Å². The minimum absolute atomic E-state index is 0.0916. The largest absolute Gasteiger partial charge is 0.772 e. The second-order valence-electron chi connectivity index (χ2n) is 4.85. The standard InChI is InChI=1S/C13H17BrN2O3S/c1-15-4-6-16(7-5-15)13(17)12-3-2-11(14)8-10(12)9-20(18)19/h2-3,8H,4-7,9H2,1H3,(H,18,19)/p-1. The van der Waals surface area contributed by atoms with Crippen molar-refractivity contribution in [3.8, 4) is 0 Å². The molecule has 1 aromatic carbocycles. The van der Waals surface area contributed by atoms with Gasteiger partial charge >= 0.3 is 0 Å². The predicted molar refractivity (Wildman–Crippen MR) is 80.2 cm³/mol. The minimum atomic E-state index is -2.21. The first kappa shape index (κ1) is 15.6. The van der Waals surface area contributed by atoms with E-state index >= 15 is 0 Å². The Balaban J connectivity index is 2.22. The summed E-state index contributed by atoms with van der Waals surface area (Å²) in [5, 5.41) is 0. The molecule has 5 nitrogen and oxygen atoms in total. The lowest BCUT2D eigenvalue weighted by atomic mass is 10.1. The first-order valence-corrected chi connectivity index (χ1v) is 8.33. The fourth-order valence-corrected chi connectivity index (χ4v) is 3.10. The normalized spacial score (nSPS) is 18.1. The van der Waals surface area contributed by atoms with Gasteiger partial charge in [0, 0.05) is 42.0 Å². The van der Waals surface area contributed by atoms with Crippen LogP contribution in [-0.2, 0) is 16.8 Å². The van der Waals surface area contributed by atoms with Gasteiger partial charge in [0.15, 0.2) is 0 Å². The van der Waals surface area contributed by atoms with Crippen molar-refractivity contribution < 1.29 is 13.6 Å². The molecular weight excluding hydrogens is 344 g/mol. The average molecular weight is 360 g/mol. The first-order valence-electron chi connectivity index (χ1n) is 6.29. The molecule has 1 aliphatic heterocycles. The van der Waals surface area contributed by atoms with Crippen LogP contribution in [0.4, 0.5) is 0 Å². The molecule has 1 atom stereocenters. The van der Waals surface area contributed by atoms with E-state index in [4.69, 9.17) is 0 Å². The smallest absolute Gasteiger partial charge is 0.254 e. The fraction of sp³-hybridized carbons (Fsp3) is 0.462. The van der Waals surface area contributed by atoms with Gasteiger partial charge < -0.3 is 14.4 Å². The van der Waals surface area contributed by atoms with Crippen molar-refractivity contribution in [1.29, 1.82) is 0 Å². The monoisotopic (exact) mass is 359 g/mol. The molecule has 1 aliphatic rings. The zero-order chi connectivity index (χ0) is 14.7. The third-order valence-electron chi connectivity index (χ3n) is 3.36. The first-order chi connectivity index (χ1) is 9.47. The Kier molecular flexibility index (Phi) is 5.31. The van der Waals surface area contributed by atoms with E-state index in [1.807, 2.05) is 7.05 Å². The Morgan fingerprint density at radius 2 is 2.00 bits per heavy atom. The van der Waals surface area contributed by atoms with Crippen molar-refractivity contribution in [3.05, 3.63) is 33.8 Å². The zero-order valence-corrected chi connectivity index (χ0v) is 13.6. The minimum Gasteiger partial charge on any atom is -0.772 e. The van der Waals surface area contributed by atoms with Crippen LogP contribution in [0.3, 0.4) is 0 Å². The van der Waals surface area contributed by atoms with E-state index in [9.17, 15) is 13.6 Å². The number of carbonyl (C=O) groups excluding carboxylic acids is 1. The maximum atomic E-state index is 12.5. The summed E-state index contributed by atoms with van der Waals surface area (Å²) in [7, 11) is 2.02. The molecule has 1 amide bonds. The number of amides is 1. The molecule has 7 heteroatoms. The van der Waals surface area contributed by atoms with Gasteiger partial charge in [0.25, 0.3) is 5.91 Å². The number of hydrogen-bond donors (Lipinski definition) is 0. The van der Waals surface area contributed by atoms with Gasteiger partial charge in [0.2, 0.25) is 0 Å². The highest BCUT2D eigenvalue weighted by molar-refractivity contribution is 9.10. The van der Waals surface area contributed by atoms with Crippen molar-refractivity contribution in [2.24, 2.45) is 0 Å². The molecule has 2 rings (SSSR count). The molecule has 0 radical (unpaired) electrons. The summed E-state index contributed by atoms with van der Waals surface area (Å²) in [6.45, 7) is 3.02. The van der Waals surface area contributed by atoms with E-state index in [2.05, 4.69) is 20.8 Å². The quantitative estimate of drug-likeness (QED) is 0.761. The lowest BCUT2D eigenvalue weighted by molar-refractivity contribution is 0.0663. The maximum absolute atomic E-state index is 12.5. The summed E-state index contributed by atoms with van der Waals surface area (Å²) < 4.78 is 22.6. The molecule has 0 aromatic heterocycles. The van der Waals surface area contributed by atoms with Crippen LogP contribution in [0.1, 0.15) is 15.9 Å². The van der Waals surface area contributed by atoms with Crippen LogP contribution in [0.25, 0.3) is 0 Å². The number of piperazine rings is 1. The molecule has 1 saturated heterocycles. The molecule has 0 spiro atoms. The second-order valence-corrected chi connectivity index (χ2v) is 6.66. The summed E-state index contributed by atoms with van der Waals surface area (Å²) in [6, 6.07) is 5.15. The van der Waals surface area contributed by atoms with E-state index in [1.54, 1.807) is 23.1 Å². The van der Waals surface area contributed by atoms with E-state index in [-0.39, 0.29) is 11.7 Å². The van der Waals surface area contributed by atoms with Gasteiger partial charge in [-0.2, -0.15) is 0 Å². The number of hydrogen-bond acceptors (Lipinski definition) is 4. The van der Waals surface area contributed by atoms with Gasteiger partial charge in [-0.1, -0.05) is 27.0 Å². The highest BCUT2D eigenvalue weighted by atomic mass is 79.9. The Morgan fingerprint density at radius 1 is 1.35 bits per heavy atom. The summed E-state index contributed by atoms with van der Waals surface area (Å²) in [6.07, 6.45) is 0. The molecule has 1 fully saturated rings. The van der Waals surface area contributed by atoms with Crippen LogP contribution >= 0.6 is 15.9 Å². The van der Waals surface area contributed by atoms with Crippen molar-refractivity contribution in [3.63, 3.8) is 0 Å². The van der Waals surface area contributed by atoms with E-state index in [0.717, 1.165) is 17.6 Å². The molecule has 1 aromatic rings. The van der Waals surface area contributed by atoms with Gasteiger partial charge in [-0.05, 0) is 30.8 Å². The highest BCUT2D eigenvalue weighted by Crippen LogP contribution is 2.20. The number of likely N-dealkylation sites (N-methyl/N-ethyl adjacent to an activating group) is 1. The Hall–Kier alpha value is -0.760. The third kappa shape index (κ3) is 3.88. The summed E-state index contributed by atoms with van der Waals surface area (Å²) >= 11 is 1.09. The number of halogens is 1. The average Bonchev–Trinajstić information content (AvgIpc) is 2.38. The molecule has 1 unspecified atom stereocenters. The summed E-state index contributed by atoms with van der Waals surface area (Å²) in [5.41, 5.74) is 1.01. The van der Waals surface area contributed by atoms with E-state index < -0.39 is 11.1 Å². The predicted octanol–water partition coefficient (Wildman–Crippen LogP) is 1.22. The van der Waals surface area contributed by atoms with Crippen molar-refractivity contribution in [2.75, 3.05) is 33.2 Å². The van der Waals surface area contributed by atoms with Crippen LogP contribution in [0.15, 0.2) is 22.7 Å². The van der Waals surface area contributed by atoms with Crippen molar-refractivity contribution in [1.82, 2.24) is 9.80 Å². The van der Waals surface area contributed by atoms with E-state index in [0.29, 0.717) is 24.2 Å². The van der Waals surface area contributed by atoms with Crippen LogP contribution < -0.4 is 0 Å². The fourth-order valence-electron chi connectivity index (χ4n) is 2.20. The number of rotatable bonds is 3. The topological polar surface area (TPSA) is 63.7 Å². The van der Waals surface area contributed by atoms with Gasteiger partial charge in [0.1, 0.15) is 0 Å². The summed E-state index contributed by atoms with van der Waals surface area (Å²) in [5.74, 6) is -0.236. The van der Waals surface area contributed by atoms with Gasteiger partial charge in [-0.25, -0.2) is 0 Å². The van der Waals surface area contributed by atoms with E-state index in [1.165, 1.54) is 0 Å². The van der Waals surface area contributed by atoms with Gasteiger partial charge in [0.05, 0.1) is 0 Å². The third-order valence-corrected chi connectivity index (χ3v) is 4.40. The van der Waals surface area contributed by atoms with Crippen LogP contribution in [-0.4, -0.2) is 57.7 Å². The molecule has 0 saturated carbocycles. The number of carbonyl (C=O) groups is 1. The molecule has 1 heterocycles. The number of nitrogens with zero attached hydrogens (tertiary/aromatic N) is 2. The number of benzene rings is 1. The molecule has 0 aliphatic carbocycles. The van der Waals surface area contributed by atoms with Crippen LogP contribution in [0, 0.1) is 0 Å². The second kappa shape index (κ2) is 6.80. The SMILES string of the molecule is CN1CCN(C(=O)c2ccc(Br)cc2CS(=O)[O-])CC1.